The molecule has 2 fully saturated rings. The van der Waals surface area contributed by atoms with Crippen LogP contribution >= 0.6 is 0 Å². The Morgan fingerprint density at radius 2 is 1.88 bits per heavy atom. The summed E-state index contributed by atoms with van der Waals surface area (Å²) in [4.78, 5) is 9.27. The van der Waals surface area contributed by atoms with Crippen molar-refractivity contribution in [3.63, 3.8) is 0 Å². The lowest BCUT2D eigenvalue weighted by Gasteiger charge is -2.43. The molecule has 5 rings (SSSR count). The zero-order chi connectivity index (χ0) is 22.1. The van der Waals surface area contributed by atoms with Crippen molar-refractivity contribution in [2.24, 2.45) is 0 Å². The highest BCUT2D eigenvalue weighted by molar-refractivity contribution is 5.64. The van der Waals surface area contributed by atoms with E-state index >= 15 is 0 Å². The summed E-state index contributed by atoms with van der Waals surface area (Å²) < 4.78 is 25.8. The van der Waals surface area contributed by atoms with Crippen LogP contribution in [0, 0.1) is 12.7 Å². The van der Waals surface area contributed by atoms with Crippen molar-refractivity contribution in [3.8, 4) is 11.4 Å². The van der Waals surface area contributed by atoms with Gasteiger partial charge in [0.05, 0.1) is 32.1 Å². The van der Waals surface area contributed by atoms with Crippen LogP contribution in [0.4, 0.5) is 21.7 Å². The lowest BCUT2D eigenvalue weighted by molar-refractivity contribution is -0.0660. The number of benzene rings is 2. The van der Waals surface area contributed by atoms with E-state index in [1.165, 1.54) is 29.6 Å². The molecule has 3 aromatic rings. The summed E-state index contributed by atoms with van der Waals surface area (Å²) in [6, 6.07) is 11.4. The summed E-state index contributed by atoms with van der Waals surface area (Å²) in [5.74, 6) is 0.482. The van der Waals surface area contributed by atoms with E-state index in [0.717, 1.165) is 50.6 Å². The van der Waals surface area contributed by atoms with Crippen molar-refractivity contribution >= 4 is 17.3 Å². The van der Waals surface area contributed by atoms with Gasteiger partial charge in [0.1, 0.15) is 17.9 Å². The van der Waals surface area contributed by atoms with Gasteiger partial charge in [-0.1, -0.05) is 0 Å². The van der Waals surface area contributed by atoms with E-state index in [1.807, 2.05) is 0 Å². The fourth-order valence-corrected chi connectivity index (χ4v) is 4.17. The molecule has 0 amide bonds. The smallest absolute Gasteiger partial charge is 0.246 e. The molecule has 1 aromatic heterocycles. The lowest BCUT2D eigenvalue weighted by Crippen LogP contribution is -2.56. The number of methoxy groups -OCH3 is 1. The van der Waals surface area contributed by atoms with Crippen LogP contribution in [0.5, 0.6) is 5.75 Å². The quantitative estimate of drug-likeness (QED) is 0.631. The summed E-state index contributed by atoms with van der Waals surface area (Å²) in [5.41, 5.74) is 3.81. The molecule has 3 heterocycles. The van der Waals surface area contributed by atoms with Crippen LogP contribution < -0.4 is 15.0 Å². The Bertz CT molecular complexity index is 1100. The second kappa shape index (κ2) is 8.76. The van der Waals surface area contributed by atoms with E-state index in [-0.39, 0.29) is 1.43 Å². The molecule has 32 heavy (non-hydrogen) atoms. The van der Waals surface area contributed by atoms with Gasteiger partial charge in [0.2, 0.25) is 5.95 Å². The number of hydrogen-bond acceptors (Lipinski definition) is 7. The number of piperazine rings is 1. The molecule has 9 heteroatoms. The van der Waals surface area contributed by atoms with Gasteiger partial charge in [0.25, 0.3) is 0 Å². The van der Waals surface area contributed by atoms with Crippen LogP contribution in [0.3, 0.4) is 0 Å². The van der Waals surface area contributed by atoms with Crippen molar-refractivity contribution in [2.45, 2.75) is 13.0 Å². The molecule has 1 N–H and O–H groups in total. The number of ether oxygens (including phenoxy) is 2. The van der Waals surface area contributed by atoms with Crippen LogP contribution in [-0.2, 0) is 4.74 Å². The molecular weight excluding hydrogens is 411 g/mol. The van der Waals surface area contributed by atoms with E-state index in [9.17, 15) is 4.39 Å². The minimum Gasteiger partial charge on any atom is -0.497 e. The number of halogens is 1. The Hall–Kier alpha value is -3.17. The standard InChI is InChI=1S/C23H27FN6O2.H2/c1-16-7-18(11-19(8-16)28-3-5-29(6-4-28)21-13-32-14-21)26-23-25-15-30(27-23)20-9-17(24)10-22(12-20)31-2;/h7-12,15,21H,3-6,13-14H2,1-2H3,(H,26,27);1H. The van der Waals surface area contributed by atoms with Crippen molar-refractivity contribution in [2.75, 3.05) is 56.7 Å². The molecule has 2 aromatic carbocycles. The van der Waals surface area contributed by atoms with Crippen molar-refractivity contribution < 1.29 is 15.3 Å². The van der Waals surface area contributed by atoms with E-state index in [4.69, 9.17) is 9.47 Å². The molecule has 2 aliphatic heterocycles. The number of rotatable bonds is 6. The fourth-order valence-electron chi connectivity index (χ4n) is 4.17. The Kier molecular flexibility index (Phi) is 5.67. The molecule has 2 saturated heterocycles. The zero-order valence-electron chi connectivity index (χ0n) is 18.3. The zero-order valence-corrected chi connectivity index (χ0v) is 18.3. The second-order valence-electron chi connectivity index (χ2n) is 8.26. The van der Waals surface area contributed by atoms with Gasteiger partial charge in [-0.05, 0) is 36.8 Å². The first-order chi connectivity index (χ1) is 15.6. The Morgan fingerprint density at radius 1 is 1.06 bits per heavy atom. The van der Waals surface area contributed by atoms with Gasteiger partial charge < -0.3 is 19.7 Å². The number of nitrogens with one attached hydrogen (secondary N) is 1. The third-order valence-electron chi connectivity index (χ3n) is 5.98. The molecule has 8 nitrogen and oxygen atoms in total. The number of anilines is 3. The third kappa shape index (κ3) is 4.39. The predicted molar refractivity (Wildman–Crippen MR) is 123 cm³/mol. The summed E-state index contributed by atoms with van der Waals surface area (Å²) in [6.45, 7) is 7.89. The van der Waals surface area contributed by atoms with Crippen molar-refractivity contribution in [1.29, 1.82) is 0 Å². The van der Waals surface area contributed by atoms with E-state index in [1.54, 1.807) is 12.4 Å². The minimum atomic E-state index is -0.391. The fraction of sp³-hybridized carbons (Fsp3) is 0.391. The first-order valence-corrected chi connectivity index (χ1v) is 10.8. The van der Waals surface area contributed by atoms with E-state index < -0.39 is 5.82 Å². The second-order valence-corrected chi connectivity index (χ2v) is 8.26. The Morgan fingerprint density at radius 3 is 2.59 bits per heavy atom. The molecule has 0 saturated carbocycles. The lowest BCUT2D eigenvalue weighted by atomic mass is 10.1. The van der Waals surface area contributed by atoms with Crippen molar-refractivity contribution in [1.82, 2.24) is 19.7 Å². The highest BCUT2D eigenvalue weighted by atomic mass is 19.1. The van der Waals surface area contributed by atoms with Gasteiger partial charge in [0.15, 0.2) is 0 Å². The van der Waals surface area contributed by atoms with Crippen LogP contribution in [0.25, 0.3) is 5.69 Å². The van der Waals surface area contributed by atoms with Crippen LogP contribution in [0.15, 0.2) is 42.7 Å². The topological polar surface area (TPSA) is 67.7 Å². The van der Waals surface area contributed by atoms with Gasteiger partial charge in [0, 0.05) is 51.1 Å². The summed E-state index contributed by atoms with van der Waals surface area (Å²) >= 11 is 0. The van der Waals surface area contributed by atoms with Crippen LogP contribution in [0.2, 0.25) is 0 Å². The average molecular weight is 441 g/mol. The van der Waals surface area contributed by atoms with Crippen LogP contribution in [-0.4, -0.2) is 72.2 Å². The molecule has 0 atom stereocenters. The maximum absolute atomic E-state index is 13.8. The maximum atomic E-state index is 13.8. The predicted octanol–water partition coefficient (Wildman–Crippen LogP) is 3.23. The molecular formula is C23H29FN6O2. The molecule has 0 bridgehead atoms. The summed E-state index contributed by atoms with van der Waals surface area (Å²) in [6.07, 6.45) is 1.55. The molecule has 0 aliphatic carbocycles. The van der Waals surface area contributed by atoms with E-state index in [0.29, 0.717) is 23.4 Å². The molecule has 0 radical (unpaired) electrons. The highest BCUT2D eigenvalue weighted by Crippen LogP contribution is 2.26. The SMILES string of the molecule is COc1cc(F)cc(-n2cnc(Nc3cc(C)cc(N4CCN(C5COC5)CC4)c3)n2)c1.[HH]. The molecule has 170 valence electrons. The molecule has 2 aliphatic rings. The summed E-state index contributed by atoms with van der Waals surface area (Å²) in [7, 11) is 1.50. The van der Waals surface area contributed by atoms with Gasteiger partial charge in [-0.2, -0.15) is 4.98 Å². The van der Waals surface area contributed by atoms with Gasteiger partial charge >= 0.3 is 0 Å². The van der Waals surface area contributed by atoms with Crippen molar-refractivity contribution in [3.05, 3.63) is 54.1 Å². The summed E-state index contributed by atoms with van der Waals surface area (Å²) in [5, 5.41) is 7.73. The highest BCUT2D eigenvalue weighted by Gasteiger charge is 2.29. The largest absolute Gasteiger partial charge is 0.497 e. The number of hydrogen-bond donors (Lipinski definition) is 1. The van der Waals surface area contributed by atoms with Crippen LogP contribution in [0.1, 0.15) is 6.99 Å². The third-order valence-corrected chi connectivity index (χ3v) is 5.98. The number of aryl methyl sites for hydroxylation is 1. The first kappa shape index (κ1) is 20.7. The number of nitrogens with zero attached hydrogens (tertiary/aromatic N) is 5. The maximum Gasteiger partial charge on any atom is 0.246 e. The van der Waals surface area contributed by atoms with E-state index in [2.05, 4.69) is 50.3 Å². The Balaban J connectivity index is 0.00000259. The Labute approximate surface area is 188 Å². The monoisotopic (exact) mass is 440 g/mol. The average Bonchev–Trinajstić information content (AvgIpc) is 3.20. The van der Waals surface area contributed by atoms with Gasteiger partial charge in [-0.3, -0.25) is 4.90 Å². The van der Waals surface area contributed by atoms with Gasteiger partial charge in [-0.25, -0.2) is 9.07 Å². The minimum absolute atomic E-state index is 0. The molecule has 0 unspecified atom stereocenters. The normalized spacial score (nSPS) is 17.3. The molecule has 0 spiro atoms. The first-order valence-electron chi connectivity index (χ1n) is 10.8. The van der Waals surface area contributed by atoms with Gasteiger partial charge in [-0.15, -0.1) is 5.10 Å². The number of aromatic nitrogens is 3.